The number of aliphatic hydroxyl groups excluding tert-OH is 1. The van der Waals surface area contributed by atoms with Crippen LogP contribution in [0.1, 0.15) is 290 Å². The molecule has 0 aliphatic carbocycles. The Kier molecular flexibility index (Phi) is 52.1. The number of likely N-dealkylation sites (N-methyl/N-ethyl adjacent to an activating group) is 1. The van der Waals surface area contributed by atoms with Gasteiger partial charge >= 0.3 is 7.82 Å². The molecule has 9 heteroatoms. The second-order valence-corrected chi connectivity index (χ2v) is 23.5. The summed E-state index contributed by atoms with van der Waals surface area (Å²) in [4.78, 5) is 23.3. The third-order valence-electron chi connectivity index (χ3n) is 13.8. The summed E-state index contributed by atoms with van der Waals surface area (Å²) in [7, 11) is 1.56. The molecule has 71 heavy (non-hydrogen) atoms. The summed E-state index contributed by atoms with van der Waals surface area (Å²) in [6.07, 6.45) is 70.8. The highest BCUT2D eigenvalue weighted by Crippen LogP contribution is 2.43. The highest BCUT2D eigenvalue weighted by atomic mass is 31.2. The van der Waals surface area contributed by atoms with Crippen LogP contribution in [-0.4, -0.2) is 73.4 Å². The van der Waals surface area contributed by atoms with Crippen LogP contribution in [-0.2, 0) is 18.4 Å². The molecule has 0 spiro atoms. The number of aliphatic hydroxyl groups is 1. The molecule has 8 nitrogen and oxygen atoms in total. The van der Waals surface area contributed by atoms with Crippen LogP contribution < -0.4 is 5.32 Å². The first-order valence-electron chi connectivity index (χ1n) is 30.5. The summed E-state index contributed by atoms with van der Waals surface area (Å²) in [5.41, 5.74) is 0. The SMILES string of the molecule is CCCCCCC/C=C\C/C=C\CCCCCCCCCCCCCC(=O)NC(COP(=O)(O)OCC[N+](C)(C)C)C(O)/C=C/CC/C=C/CCCCCCCCCCCCCCCCCCCCCC. The molecule has 0 aliphatic heterocycles. The second-order valence-electron chi connectivity index (χ2n) is 22.1. The number of unbranched alkanes of at least 4 members (excludes halogenated alkanes) is 37. The van der Waals surface area contributed by atoms with E-state index in [0.29, 0.717) is 17.4 Å². The molecular formula is C62H120N2O6P+. The van der Waals surface area contributed by atoms with Gasteiger partial charge in [0.1, 0.15) is 13.2 Å². The van der Waals surface area contributed by atoms with Crippen LogP contribution in [0, 0.1) is 0 Å². The highest BCUT2D eigenvalue weighted by Gasteiger charge is 2.27. The molecule has 3 N–H and O–H groups in total. The zero-order valence-electron chi connectivity index (χ0n) is 47.7. The number of rotatable bonds is 56. The Labute approximate surface area is 441 Å². The zero-order chi connectivity index (χ0) is 52.0. The minimum atomic E-state index is -4.36. The molecule has 0 saturated heterocycles. The highest BCUT2D eigenvalue weighted by molar-refractivity contribution is 7.47. The molecule has 0 aromatic heterocycles. The van der Waals surface area contributed by atoms with Crippen LogP contribution in [0.15, 0.2) is 48.6 Å². The van der Waals surface area contributed by atoms with E-state index in [0.717, 1.165) is 44.9 Å². The predicted octanol–water partition coefficient (Wildman–Crippen LogP) is 18.7. The minimum Gasteiger partial charge on any atom is -0.387 e. The van der Waals surface area contributed by atoms with E-state index < -0.39 is 20.0 Å². The Hall–Kier alpha value is -1.54. The molecular weight excluding hydrogens is 900 g/mol. The van der Waals surface area contributed by atoms with Gasteiger partial charge in [-0.3, -0.25) is 13.8 Å². The van der Waals surface area contributed by atoms with Crippen LogP contribution in [0.3, 0.4) is 0 Å². The van der Waals surface area contributed by atoms with Crippen LogP contribution in [0.2, 0.25) is 0 Å². The molecule has 418 valence electrons. The van der Waals surface area contributed by atoms with Crippen LogP contribution in [0.25, 0.3) is 0 Å². The van der Waals surface area contributed by atoms with Crippen molar-refractivity contribution >= 4 is 13.7 Å². The van der Waals surface area contributed by atoms with Gasteiger partial charge in [-0.05, 0) is 64.2 Å². The Morgan fingerprint density at radius 2 is 0.817 bits per heavy atom. The van der Waals surface area contributed by atoms with Crippen molar-refractivity contribution in [2.24, 2.45) is 0 Å². The van der Waals surface area contributed by atoms with E-state index in [9.17, 15) is 19.4 Å². The van der Waals surface area contributed by atoms with E-state index in [1.807, 2.05) is 27.2 Å². The van der Waals surface area contributed by atoms with Gasteiger partial charge in [0.15, 0.2) is 0 Å². The Morgan fingerprint density at radius 1 is 0.479 bits per heavy atom. The summed E-state index contributed by atoms with van der Waals surface area (Å²) in [5, 5.41) is 13.9. The van der Waals surface area contributed by atoms with E-state index >= 15 is 0 Å². The number of hydrogen-bond acceptors (Lipinski definition) is 5. The van der Waals surface area contributed by atoms with Crippen LogP contribution in [0.5, 0.6) is 0 Å². The lowest BCUT2D eigenvalue weighted by atomic mass is 10.0. The predicted molar refractivity (Wildman–Crippen MR) is 309 cm³/mol. The quantitative estimate of drug-likeness (QED) is 0.0243. The largest absolute Gasteiger partial charge is 0.472 e. The lowest BCUT2D eigenvalue weighted by molar-refractivity contribution is -0.870. The lowest BCUT2D eigenvalue weighted by Crippen LogP contribution is -2.45. The van der Waals surface area contributed by atoms with E-state index in [-0.39, 0.29) is 19.1 Å². The fourth-order valence-corrected chi connectivity index (χ4v) is 9.71. The molecule has 0 aromatic carbocycles. The van der Waals surface area contributed by atoms with Crippen LogP contribution >= 0.6 is 7.82 Å². The maximum atomic E-state index is 13.0. The third-order valence-corrected chi connectivity index (χ3v) is 14.8. The fourth-order valence-electron chi connectivity index (χ4n) is 8.97. The monoisotopic (exact) mass is 1020 g/mol. The van der Waals surface area contributed by atoms with Gasteiger partial charge < -0.3 is 19.8 Å². The first-order valence-corrected chi connectivity index (χ1v) is 32.0. The summed E-state index contributed by atoms with van der Waals surface area (Å²) in [6.45, 7) is 4.82. The summed E-state index contributed by atoms with van der Waals surface area (Å²) < 4.78 is 23.7. The van der Waals surface area contributed by atoms with Gasteiger partial charge in [0.05, 0.1) is 39.9 Å². The summed E-state index contributed by atoms with van der Waals surface area (Å²) in [6, 6.07) is -0.866. The van der Waals surface area contributed by atoms with E-state index in [4.69, 9.17) is 9.05 Å². The molecule has 3 unspecified atom stereocenters. The molecule has 0 aromatic rings. The molecule has 0 fully saturated rings. The molecule has 0 radical (unpaired) electrons. The smallest absolute Gasteiger partial charge is 0.387 e. The molecule has 0 aliphatic rings. The van der Waals surface area contributed by atoms with Gasteiger partial charge in [-0.1, -0.05) is 268 Å². The number of phosphoric ester groups is 1. The fraction of sp³-hybridized carbons (Fsp3) is 0.855. The van der Waals surface area contributed by atoms with E-state index in [2.05, 4.69) is 55.6 Å². The van der Waals surface area contributed by atoms with Gasteiger partial charge in [0.2, 0.25) is 5.91 Å². The number of phosphoric acid groups is 1. The number of nitrogens with zero attached hydrogens (tertiary/aromatic N) is 1. The molecule has 1 amide bonds. The van der Waals surface area contributed by atoms with E-state index in [1.165, 1.54) is 225 Å². The first kappa shape index (κ1) is 69.5. The summed E-state index contributed by atoms with van der Waals surface area (Å²) in [5.74, 6) is -0.187. The number of carbonyl (C=O) groups is 1. The topological polar surface area (TPSA) is 105 Å². The molecule has 0 bridgehead atoms. The Bertz CT molecular complexity index is 1290. The third kappa shape index (κ3) is 56.0. The number of nitrogens with one attached hydrogen (secondary N) is 1. The van der Waals surface area contributed by atoms with Crippen molar-refractivity contribution in [1.82, 2.24) is 5.32 Å². The van der Waals surface area contributed by atoms with E-state index in [1.54, 1.807) is 6.08 Å². The van der Waals surface area contributed by atoms with Gasteiger partial charge in [0, 0.05) is 6.42 Å². The van der Waals surface area contributed by atoms with Crippen LogP contribution in [0.4, 0.5) is 0 Å². The normalized spacial score (nSPS) is 14.2. The van der Waals surface area contributed by atoms with Crippen molar-refractivity contribution in [3.63, 3.8) is 0 Å². The summed E-state index contributed by atoms with van der Waals surface area (Å²) >= 11 is 0. The molecule has 0 saturated carbocycles. The number of allylic oxidation sites excluding steroid dienone is 7. The first-order chi connectivity index (χ1) is 34.5. The number of quaternary nitrogens is 1. The number of carbonyl (C=O) groups excluding carboxylic acids is 1. The van der Waals surface area contributed by atoms with Gasteiger partial charge in [-0.15, -0.1) is 0 Å². The molecule has 0 heterocycles. The van der Waals surface area contributed by atoms with Gasteiger partial charge in [-0.25, -0.2) is 4.57 Å². The molecule has 3 atom stereocenters. The zero-order valence-corrected chi connectivity index (χ0v) is 48.6. The van der Waals surface area contributed by atoms with Crippen molar-refractivity contribution in [2.75, 3.05) is 40.9 Å². The maximum absolute atomic E-state index is 13.0. The van der Waals surface area contributed by atoms with Crippen molar-refractivity contribution in [3.05, 3.63) is 48.6 Å². The standard InChI is InChI=1S/C62H119N2O6P/c1-6-8-10-12-14-16-18-20-22-24-26-28-30-31-32-34-35-37-39-41-43-45-47-49-51-53-55-61(65)60(59-70-71(67,68)69-58-57-64(3,4)5)63-62(66)56-54-52-50-48-46-44-42-40-38-36-33-29-27-25-23-21-19-17-15-13-11-9-7-2/h19,21,25,27,45,47,53,55,60-61,65H,6-18,20,22-24,26,28-44,46,48-52,54,56-59H2,1-5H3,(H-,63,66,67,68)/p+1/b21-19-,27-25-,47-45+,55-53+. The van der Waals surface area contributed by atoms with Gasteiger partial charge in [-0.2, -0.15) is 0 Å². The maximum Gasteiger partial charge on any atom is 0.472 e. The number of hydrogen-bond donors (Lipinski definition) is 3. The average Bonchev–Trinajstić information content (AvgIpc) is 3.33. The van der Waals surface area contributed by atoms with Crippen molar-refractivity contribution in [2.45, 2.75) is 302 Å². The number of amides is 1. The lowest BCUT2D eigenvalue weighted by Gasteiger charge is -2.25. The van der Waals surface area contributed by atoms with Gasteiger partial charge in [0.25, 0.3) is 0 Å². The Morgan fingerprint density at radius 3 is 1.21 bits per heavy atom. The molecule has 0 rings (SSSR count). The minimum absolute atomic E-state index is 0.0554. The Balaban J connectivity index is 4.22. The van der Waals surface area contributed by atoms with Crippen molar-refractivity contribution < 1.29 is 32.9 Å². The van der Waals surface area contributed by atoms with Crippen molar-refractivity contribution in [3.8, 4) is 0 Å². The average molecular weight is 1020 g/mol. The van der Waals surface area contributed by atoms with Crippen molar-refractivity contribution in [1.29, 1.82) is 0 Å². The second kappa shape index (κ2) is 53.3.